The first-order valence-electron chi connectivity index (χ1n) is 5.92. The van der Waals surface area contributed by atoms with E-state index in [1.54, 1.807) is 20.8 Å². The highest BCUT2D eigenvalue weighted by atomic mass is 32.2. The van der Waals surface area contributed by atoms with E-state index in [9.17, 15) is 27.7 Å². The molecule has 0 atom stereocenters. The number of halogens is 1. The van der Waals surface area contributed by atoms with Crippen LogP contribution in [0.4, 0.5) is 10.1 Å². The second-order valence-electron chi connectivity index (χ2n) is 5.37. The molecular formula is C12H15FN2O5S. The second-order valence-corrected chi connectivity index (χ2v) is 7.10. The molecule has 0 heterocycles. The van der Waals surface area contributed by atoms with Crippen LogP contribution in [0.15, 0.2) is 23.1 Å². The minimum absolute atomic E-state index is 0.379. The molecule has 1 aromatic rings. The summed E-state index contributed by atoms with van der Waals surface area (Å²) in [6.07, 6.45) is 0. The van der Waals surface area contributed by atoms with Gasteiger partial charge in [-0.1, -0.05) is 20.8 Å². The summed E-state index contributed by atoms with van der Waals surface area (Å²) in [6, 6.07) is 2.10. The zero-order valence-corrected chi connectivity index (χ0v) is 12.5. The molecule has 0 aromatic heterocycles. The van der Waals surface area contributed by atoms with Crippen LogP contribution < -0.4 is 4.72 Å². The topological polar surface area (TPSA) is 106 Å². The minimum Gasteiger partial charge on any atom is -0.298 e. The van der Waals surface area contributed by atoms with Gasteiger partial charge in [0.05, 0.1) is 17.5 Å². The Balaban J connectivity index is 3.10. The van der Waals surface area contributed by atoms with Gasteiger partial charge in [-0.15, -0.1) is 0 Å². The normalized spacial score (nSPS) is 12.2. The van der Waals surface area contributed by atoms with Crippen molar-refractivity contribution in [2.45, 2.75) is 25.7 Å². The molecule has 1 rings (SSSR count). The molecule has 0 unspecified atom stereocenters. The van der Waals surface area contributed by atoms with E-state index in [1.165, 1.54) is 0 Å². The minimum atomic E-state index is -4.29. The number of benzene rings is 1. The van der Waals surface area contributed by atoms with Crippen molar-refractivity contribution in [1.29, 1.82) is 0 Å². The van der Waals surface area contributed by atoms with Gasteiger partial charge >= 0.3 is 0 Å². The van der Waals surface area contributed by atoms with Gasteiger partial charge in [0.25, 0.3) is 5.69 Å². The van der Waals surface area contributed by atoms with E-state index in [2.05, 4.69) is 0 Å². The van der Waals surface area contributed by atoms with Gasteiger partial charge in [-0.25, -0.2) is 17.5 Å². The molecular weight excluding hydrogens is 303 g/mol. The van der Waals surface area contributed by atoms with Gasteiger partial charge < -0.3 is 0 Å². The quantitative estimate of drug-likeness (QED) is 0.656. The lowest BCUT2D eigenvalue weighted by atomic mass is 9.91. The third-order valence-corrected chi connectivity index (χ3v) is 4.12. The molecule has 0 radical (unpaired) electrons. The molecule has 0 bridgehead atoms. The fourth-order valence-corrected chi connectivity index (χ4v) is 2.50. The van der Waals surface area contributed by atoms with Crippen molar-refractivity contribution >= 4 is 21.5 Å². The van der Waals surface area contributed by atoms with Crippen molar-refractivity contribution in [2.75, 3.05) is 6.54 Å². The Kier molecular flexibility index (Phi) is 4.79. The number of rotatable bonds is 5. The lowest BCUT2D eigenvalue weighted by Crippen LogP contribution is -2.35. The van der Waals surface area contributed by atoms with Crippen molar-refractivity contribution < 1.29 is 22.5 Å². The van der Waals surface area contributed by atoms with Gasteiger partial charge in [0.1, 0.15) is 5.82 Å². The number of nitro groups is 1. The van der Waals surface area contributed by atoms with Crippen molar-refractivity contribution in [1.82, 2.24) is 4.72 Å². The SMILES string of the molecule is CC(C)(C)C(=O)CNS(=O)(=O)c1ccc(F)cc1[N+](=O)[O-]. The molecule has 7 nitrogen and oxygen atoms in total. The van der Waals surface area contributed by atoms with Crippen LogP contribution in [0.3, 0.4) is 0 Å². The number of nitrogens with one attached hydrogen (secondary N) is 1. The molecule has 0 amide bonds. The van der Waals surface area contributed by atoms with E-state index in [-0.39, 0.29) is 5.78 Å². The average Bonchev–Trinajstić information content (AvgIpc) is 2.34. The summed E-state index contributed by atoms with van der Waals surface area (Å²) in [5, 5.41) is 10.8. The van der Waals surface area contributed by atoms with Crippen LogP contribution in [0.25, 0.3) is 0 Å². The van der Waals surface area contributed by atoms with Crippen LogP contribution in [0.5, 0.6) is 0 Å². The Labute approximate surface area is 121 Å². The average molecular weight is 318 g/mol. The van der Waals surface area contributed by atoms with Gasteiger partial charge in [0.2, 0.25) is 10.0 Å². The smallest absolute Gasteiger partial charge is 0.292 e. The monoisotopic (exact) mass is 318 g/mol. The number of carbonyl (C=O) groups is 1. The lowest BCUT2D eigenvalue weighted by molar-refractivity contribution is -0.388. The van der Waals surface area contributed by atoms with Gasteiger partial charge in [-0.3, -0.25) is 14.9 Å². The third-order valence-electron chi connectivity index (χ3n) is 2.67. The number of hydrogen-bond donors (Lipinski definition) is 1. The standard InChI is InChI=1S/C12H15FN2O5S/c1-12(2,3)11(16)7-14-21(19,20)10-5-4-8(13)6-9(10)15(17)18/h4-6,14H,7H2,1-3H3. The number of Topliss-reactive ketones (excluding diaryl/α,β-unsaturated/α-hetero) is 1. The maximum atomic E-state index is 13.0. The highest BCUT2D eigenvalue weighted by Gasteiger charge is 2.28. The molecule has 9 heteroatoms. The van der Waals surface area contributed by atoms with Gasteiger partial charge in [-0.2, -0.15) is 0 Å². The van der Waals surface area contributed by atoms with Crippen molar-refractivity contribution in [2.24, 2.45) is 5.41 Å². The van der Waals surface area contributed by atoms with Crippen LogP contribution in [0, 0.1) is 21.3 Å². The molecule has 0 aliphatic rings. The Morgan fingerprint density at radius 1 is 1.38 bits per heavy atom. The summed E-state index contributed by atoms with van der Waals surface area (Å²) >= 11 is 0. The van der Waals surface area contributed by atoms with Gasteiger partial charge in [0.15, 0.2) is 10.7 Å². The Hall–Kier alpha value is -1.87. The predicted molar refractivity (Wildman–Crippen MR) is 72.7 cm³/mol. The van der Waals surface area contributed by atoms with E-state index in [0.29, 0.717) is 6.07 Å². The van der Waals surface area contributed by atoms with Crippen molar-refractivity contribution in [3.8, 4) is 0 Å². The predicted octanol–water partition coefficient (Wildman–Crippen LogP) is 1.63. The van der Waals surface area contributed by atoms with Crippen LogP contribution in [0.1, 0.15) is 20.8 Å². The first-order chi connectivity index (χ1) is 9.45. The van der Waals surface area contributed by atoms with Crippen LogP contribution in [0.2, 0.25) is 0 Å². The molecule has 0 saturated heterocycles. The summed E-state index contributed by atoms with van der Waals surface area (Å²) in [7, 11) is -4.29. The Bertz CT molecular complexity index is 679. The number of sulfonamides is 1. The molecule has 0 aliphatic carbocycles. The molecule has 1 N–H and O–H groups in total. The van der Waals surface area contributed by atoms with E-state index < -0.39 is 43.3 Å². The highest BCUT2D eigenvalue weighted by molar-refractivity contribution is 7.89. The summed E-state index contributed by atoms with van der Waals surface area (Å²) in [5.74, 6) is -1.30. The van der Waals surface area contributed by atoms with Crippen LogP contribution in [-0.4, -0.2) is 25.7 Å². The zero-order valence-electron chi connectivity index (χ0n) is 11.7. The largest absolute Gasteiger partial charge is 0.298 e. The number of nitrogens with zero attached hydrogens (tertiary/aromatic N) is 1. The lowest BCUT2D eigenvalue weighted by Gasteiger charge is -2.16. The zero-order chi connectivity index (χ0) is 16.4. The fourth-order valence-electron chi connectivity index (χ4n) is 1.36. The molecule has 0 saturated carbocycles. The maximum Gasteiger partial charge on any atom is 0.292 e. The van der Waals surface area contributed by atoms with Crippen molar-refractivity contribution in [3.63, 3.8) is 0 Å². The molecule has 0 aliphatic heterocycles. The molecule has 0 fully saturated rings. The summed E-state index contributed by atoms with van der Waals surface area (Å²) in [6.45, 7) is 4.35. The van der Waals surface area contributed by atoms with Gasteiger partial charge in [-0.05, 0) is 12.1 Å². The van der Waals surface area contributed by atoms with E-state index in [4.69, 9.17) is 0 Å². The number of carbonyl (C=O) groups excluding carboxylic acids is 1. The summed E-state index contributed by atoms with van der Waals surface area (Å²) in [4.78, 5) is 20.8. The van der Waals surface area contributed by atoms with Crippen LogP contribution >= 0.6 is 0 Å². The summed E-state index contributed by atoms with van der Waals surface area (Å²) < 4.78 is 39.0. The van der Waals surface area contributed by atoms with Crippen molar-refractivity contribution in [3.05, 3.63) is 34.1 Å². The molecule has 116 valence electrons. The third kappa shape index (κ3) is 4.30. The maximum absolute atomic E-state index is 13.0. The number of hydrogen-bond acceptors (Lipinski definition) is 5. The first-order valence-corrected chi connectivity index (χ1v) is 7.40. The highest BCUT2D eigenvalue weighted by Crippen LogP contribution is 2.24. The Morgan fingerprint density at radius 2 is 1.95 bits per heavy atom. The first kappa shape index (κ1) is 17.2. The van der Waals surface area contributed by atoms with E-state index in [0.717, 1.165) is 12.1 Å². The molecule has 1 aromatic carbocycles. The van der Waals surface area contributed by atoms with E-state index in [1.807, 2.05) is 4.72 Å². The van der Waals surface area contributed by atoms with Gasteiger partial charge in [0, 0.05) is 5.41 Å². The summed E-state index contributed by atoms with van der Waals surface area (Å²) in [5.41, 5.74) is -1.64. The fraction of sp³-hybridized carbons (Fsp3) is 0.417. The van der Waals surface area contributed by atoms with Crippen LogP contribution in [-0.2, 0) is 14.8 Å². The molecule has 0 spiro atoms. The number of nitro benzene ring substituents is 1. The number of ketones is 1. The Morgan fingerprint density at radius 3 is 2.43 bits per heavy atom. The second kappa shape index (κ2) is 5.86. The molecule has 21 heavy (non-hydrogen) atoms. The van der Waals surface area contributed by atoms with E-state index >= 15 is 0 Å².